The van der Waals surface area contributed by atoms with Crippen LogP contribution >= 0.6 is 0 Å². The number of aliphatic hydroxyl groups is 1. The molecule has 11 heteroatoms. The number of terminal acetylenes is 1. The topological polar surface area (TPSA) is 167 Å². The quantitative estimate of drug-likeness (QED) is 0.151. The van der Waals surface area contributed by atoms with Crippen LogP contribution in [0.3, 0.4) is 0 Å². The van der Waals surface area contributed by atoms with Crippen molar-refractivity contribution in [3.63, 3.8) is 0 Å². The fourth-order valence-electron chi connectivity index (χ4n) is 4.03. The molecular formula is C27H24N6O5. The van der Waals surface area contributed by atoms with Crippen LogP contribution in [0.15, 0.2) is 71.5 Å². The number of fused-ring (bicyclic) bond motifs is 1. The van der Waals surface area contributed by atoms with Crippen molar-refractivity contribution in [3.05, 3.63) is 104 Å². The van der Waals surface area contributed by atoms with Gasteiger partial charge in [-0.25, -0.2) is 4.98 Å². The van der Waals surface area contributed by atoms with Crippen LogP contribution in [-0.4, -0.2) is 39.1 Å². The smallest absolute Gasteiger partial charge is 0.269 e. The van der Waals surface area contributed by atoms with Crippen LogP contribution in [0.5, 0.6) is 0 Å². The molecule has 0 aliphatic rings. The molecule has 4 aromatic rings. The molecule has 0 radical (unpaired) electrons. The Morgan fingerprint density at radius 1 is 1.21 bits per heavy atom. The van der Waals surface area contributed by atoms with Gasteiger partial charge in [0.05, 0.1) is 35.0 Å². The van der Waals surface area contributed by atoms with E-state index in [0.29, 0.717) is 28.6 Å². The predicted molar refractivity (Wildman–Crippen MR) is 143 cm³/mol. The van der Waals surface area contributed by atoms with Gasteiger partial charge in [-0.3, -0.25) is 24.7 Å². The van der Waals surface area contributed by atoms with Crippen LogP contribution in [-0.2, 0) is 6.54 Å². The molecule has 0 spiro atoms. The minimum absolute atomic E-state index is 0.0451. The van der Waals surface area contributed by atoms with Crippen molar-refractivity contribution < 1.29 is 14.8 Å². The number of nitrogens with one attached hydrogen (secondary N) is 2. The number of anilines is 2. The molecule has 1 heterocycles. The Morgan fingerprint density at radius 3 is 2.66 bits per heavy atom. The van der Waals surface area contributed by atoms with Crippen molar-refractivity contribution in [2.75, 3.05) is 23.8 Å². The Hall–Kier alpha value is -5.21. The number of nitrogens with two attached hydrogens (primary N) is 1. The SMILES string of the molecule is C#CCN(Cc1ccc2nc(N)[nH]c(=O)c2c1)c1ccc(C(=O)NC(CO)c2cccc([N+](=O)[O-])c2)cc1. The van der Waals surface area contributed by atoms with Gasteiger partial charge in [0, 0.05) is 29.9 Å². The zero-order valence-electron chi connectivity index (χ0n) is 20.1. The van der Waals surface area contributed by atoms with Gasteiger partial charge in [0.1, 0.15) is 0 Å². The van der Waals surface area contributed by atoms with E-state index in [9.17, 15) is 24.8 Å². The summed E-state index contributed by atoms with van der Waals surface area (Å²) < 4.78 is 0. The van der Waals surface area contributed by atoms with Gasteiger partial charge in [-0.05, 0) is 47.5 Å². The van der Waals surface area contributed by atoms with Crippen molar-refractivity contribution >= 4 is 34.1 Å². The monoisotopic (exact) mass is 512 g/mol. The Kier molecular flexibility index (Phi) is 7.65. The van der Waals surface area contributed by atoms with Crippen LogP contribution in [0.2, 0.25) is 0 Å². The molecule has 0 aliphatic heterocycles. The number of aromatic amines is 1. The summed E-state index contributed by atoms with van der Waals surface area (Å²) >= 11 is 0. The summed E-state index contributed by atoms with van der Waals surface area (Å²) in [6.45, 7) is 0.242. The second-order valence-electron chi connectivity index (χ2n) is 8.47. The summed E-state index contributed by atoms with van der Waals surface area (Å²) in [7, 11) is 0. The maximum Gasteiger partial charge on any atom is 0.269 e. The van der Waals surface area contributed by atoms with Gasteiger partial charge in [-0.2, -0.15) is 0 Å². The Morgan fingerprint density at radius 2 is 1.97 bits per heavy atom. The Bertz CT molecular complexity index is 1590. The maximum atomic E-state index is 12.8. The number of rotatable bonds is 9. The summed E-state index contributed by atoms with van der Waals surface area (Å²) in [6, 6.07) is 16.9. The molecule has 192 valence electrons. The molecule has 38 heavy (non-hydrogen) atoms. The number of hydrogen-bond acceptors (Lipinski definition) is 8. The number of aromatic nitrogens is 2. The lowest BCUT2D eigenvalue weighted by atomic mass is 10.1. The number of hydrogen-bond donors (Lipinski definition) is 4. The first-order valence-corrected chi connectivity index (χ1v) is 11.5. The van der Waals surface area contributed by atoms with Gasteiger partial charge in [-0.15, -0.1) is 6.42 Å². The fraction of sp³-hybridized carbons (Fsp3) is 0.148. The number of benzene rings is 3. The van der Waals surface area contributed by atoms with Gasteiger partial charge in [0.15, 0.2) is 0 Å². The van der Waals surface area contributed by atoms with E-state index in [-0.39, 0.29) is 23.7 Å². The molecular weight excluding hydrogens is 488 g/mol. The molecule has 11 nitrogen and oxygen atoms in total. The summed E-state index contributed by atoms with van der Waals surface area (Å²) in [4.78, 5) is 44.1. The molecule has 0 bridgehead atoms. The highest BCUT2D eigenvalue weighted by molar-refractivity contribution is 5.94. The molecule has 1 amide bonds. The standard InChI is InChI=1S/C27H24N6O5/c1-2-12-32(15-17-6-11-23-22(13-17)26(36)31-27(28)30-23)20-9-7-18(8-10-20)25(35)29-24(16-34)19-4-3-5-21(14-19)33(37)38/h1,3-11,13-14,24,34H,12,15-16H2,(H,29,35)(H3,28,30,31,36). The Labute approximate surface area is 217 Å². The van der Waals surface area contributed by atoms with Crippen molar-refractivity contribution in [1.82, 2.24) is 15.3 Å². The number of non-ortho nitro benzene ring substituents is 1. The first kappa shape index (κ1) is 25.9. The summed E-state index contributed by atoms with van der Waals surface area (Å²) in [6.07, 6.45) is 5.58. The highest BCUT2D eigenvalue weighted by atomic mass is 16.6. The zero-order valence-corrected chi connectivity index (χ0v) is 20.1. The number of nitrogen functional groups attached to an aromatic ring is 1. The van der Waals surface area contributed by atoms with E-state index < -0.39 is 23.5 Å². The Balaban J connectivity index is 1.50. The van der Waals surface area contributed by atoms with E-state index in [0.717, 1.165) is 11.3 Å². The number of nitrogens with zero attached hydrogens (tertiary/aromatic N) is 3. The number of aliphatic hydroxyl groups excluding tert-OH is 1. The second kappa shape index (κ2) is 11.2. The van der Waals surface area contributed by atoms with E-state index in [1.54, 1.807) is 42.5 Å². The van der Waals surface area contributed by atoms with Crippen LogP contribution in [0.1, 0.15) is 27.5 Å². The largest absolute Gasteiger partial charge is 0.394 e. The number of nitro groups is 1. The molecule has 0 saturated carbocycles. The average molecular weight is 513 g/mol. The predicted octanol–water partition coefficient (Wildman–Crippen LogP) is 2.52. The van der Waals surface area contributed by atoms with Crippen LogP contribution in [0, 0.1) is 22.5 Å². The number of H-pyrrole nitrogens is 1. The molecule has 1 unspecified atom stereocenters. The van der Waals surface area contributed by atoms with Crippen LogP contribution in [0.25, 0.3) is 10.9 Å². The van der Waals surface area contributed by atoms with Gasteiger partial charge in [0.25, 0.3) is 17.2 Å². The third-order valence-electron chi connectivity index (χ3n) is 5.91. The molecule has 4 rings (SSSR count). The van der Waals surface area contributed by atoms with Crippen molar-refractivity contribution in [2.45, 2.75) is 12.6 Å². The van der Waals surface area contributed by atoms with Crippen LogP contribution in [0.4, 0.5) is 17.3 Å². The van der Waals surface area contributed by atoms with Gasteiger partial charge >= 0.3 is 0 Å². The lowest BCUT2D eigenvalue weighted by Crippen LogP contribution is -2.31. The van der Waals surface area contributed by atoms with Crippen LogP contribution < -0.4 is 21.5 Å². The third kappa shape index (κ3) is 5.77. The number of nitro benzene ring substituents is 1. The van der Waals surface area contributed by atoms with E-state index in [2.05, 4.69) is 21.2 Å². The highest BCUT2D eigenvalue weighted by Crippen LogP contribution is 2.22. The molecule has 5 N–H and O–H groups in total. The zero-order chi connectivity index (χ0) is 27.2. The molecule has 0 fully saturated rings. The summed E-state index contributed by atoms with van der Waals surface area (Å²) in [5.74, 6) is 2.21. The first-order valence-electron chi connectivity index (χ1n) is 11.5. The minimum Gasteiger partial charge on any atom is -0.394 e. The lowest BCUT2D eigenvalue weighted by molar-refractivity contribution is -0.384. The minimum atomic E-state index is -0.819. The van der Waals surface area contributed by atoms with E-state index in [4.69, 9.17) is 12.2 Å². The van der Waals surface area contributed by atoms with E-state index in [1.165, 1.54) is 18.2 Å². The number of carbonyl (C=O) groups excluding carboxylic acids is 1. The van der Waals surface area contributed by atoms with E-state index in [1.807, 2.05) is 11.0 Å². The average Bonchev–Trinajstić information content (AvgIpc) is 2.91. The molecule has 0 saturated heterocycles. The summed E-state index contributed by atoms with van der Waals surface area (Å²) in [5.41, 5.74) is 7.96. The molecule has 1 atom stereocenters. The number of carbonyl (C=O) groups is 1. The normalized spacial score (nSPS) is 11.5. The lowest BCUT2D eigenvalue weighted by Gasteiger charge is -2.23. The fourth-order valence-corrected chi connectivity index (χ4v) is 4.03. The van der Waals surface area contributed by atoms with Gasteiger partial charge in [-0.1, -0.05) is 24.1 Å². The molecule has 3 aromatic carbocycles. The highest BCUT2D eigenvalue weighted by Gasteiger charge is 2.18. The number of amides is 1. The molecule has 0 aliphatic carbocycles. The first-order chi connectivity index (χ1) is 18.3. The van der Waals surface area contributed by atoms with Gasteiger partial charge < -0.3 is 21.1 Å². The molecule has 1 aromatic heterocycles. The van der Waals surface area contributed by atoms with E-state index >= 15 is 0 Å². The van der Waals surface area contributed by atoms with Crippen molar-refractivity contribution in [1.29, 1.82) is 0 Å². The second-order valence-corrected chi connectivity index (χ2v) is 8.47. The van der Waals surface area contributed by atoms with Gasteiger partial charge in [0.2, 0.25) is 5.95 Å². The maximum absolute atomic E-state index is 12.8. The summed E-state index contributed by atoms with van der Waals surface area (Å²) in [5, 5.41) is 23.9. The van der Waals surface area contributed by atoms with Crippen molar-refractivity contribution in [2.24, 2.45) is 0 Å². The van der Waals surface area contributed by atoms with Crippen molar-refractivity contribution in [3.8, 4) is 12.3 Å². The third-order valence-corrected chi connectivity index (χ3v) is 5.91.